The van der Waals surface area contributed by atoms with Gasteiger partial charge in [0.15, 0.2) is 5.96 Å². The summed E-state index contributed by atoms with van der Waals surface area (Å²) < 4.78 is 7.60. The van der Waals surface area contributed by atoms with E-state index in [1.54, 1.807) is 0 Å². The average Bonchev–Trinajstić information content (AvgIpc) is 3.17. The fourth-order valence-corrected chi connectivity index (χ4v) is 2.88. The number of hydrogen-bond donors (Lipinski definition) is 1. The summed E-state index contributed by atoms with van der Waals surface area (Å²) in [5.41, 5.74) is 5.11. The Kier molecular flexibility index (Phi) is 4.67. The maximum absolute atomic E-state index is 5.47. The van der Waals surface area contributed by atoms with Gasteiger partial charge >= 0.3 is 0 Å². The van der Waals surface area contributed by atoms with Gasteiger partial charge in [-0.1, -0.05) is 18.2 Å². The number of aliphatic imine (C=N–C) groups is 1. The summed E-state index contributed by atoms with van der Waals surface area (Å²) in [4.78, 5) is 6.51. The van der Waals surface area contributed by atoms with Crippen molar-refractivity contribution in [3.63, 3.8) is 0 Å². The minimum atomic E-state index is 0.727. The zero-order valence-corrected chi connectivity index (χ0v) is 14.0. The van der Waals surface area contributed by atoms with Gasteiger partial charge in [0.1, 0.15) is 0 Å². The number of fused-ring (bicyclic) bond motifs is 1. The van der Waals surface area contributed by atoms with Gasteiger partial charge in [0.2, 0.25) is 0 Å². The van der Waals surface area contributed by atoms with Crippen LogP contribution in [-0.2, 0) is 38.1 Å². The number of aryl methyl sites for hydroxylation is 1. The maximum Gasteiger partial charge on any atom is 0.194 e. The van der Waals surface area contributed by atoms with E-state index in [1.807, 2.05) is 7.05 Å². The first-order valence-corrected chi connectivity index (χ1v) is 7.88. The highest BCUT2D eigenvalue weighted by Crippen LogP contribution is 2.20. The normalized spacial score (nSPS) is 14.0. The highest BCUT2D eigenvalue weighted by Gasteiger charge is 2.12. The van der Waals surface area contributed by atoms with E-state index in [0.29, 0.717) is 0 Å². The molecule has 2 heterocycles. The van der Waals surface area contributed by atoms with Crippen molar-refractivity contribution in [2.75, 3.05) is 14.1 Å². The molecule has 0 amide bonds. The summed E-state index contributed by atoms with van der Waals surface area (Å²) in [5.74, 6) is 0.892. The van der Waals surface area contributed by atoms with Crippen molar-refractivity contribution >= 4 is 5.96 Å². The second kappa shape index (κ2) is 6.87. The number of ether oxygens (including phenoxy) is 1. The molecule has 122 valence electrons. The van der Waals surface area contributed by atoms with Gasteiger partial charge in [-0.15, -0.1) is 0 Å². The molecule has 0 radical (unpaired) electrons. The van der Waals surface area contributed by atoms with E-state index >= 15 is 0 Å². The van der Waals surface area contributed by atoms with E-state index in [-0.39, 0.29) is 0 Å². The van der Waals surface area contributed by atoms with Crippen molar-refractivity contribution < 1.29 is 4.74 Å². The van der Waals surface area contributed by atoms with Crippen molar-refractivity contribution in [3.05, 3.63) is 58.9 Å². The van der Waals surface area contributed by atoms with Crippen LogP contribution in [0.1, 0.15) is 22.4 Å². The molecule has 0 atom stereocenters. The van der Waals surface area contributed by atoms with Gasteiger partial charge in [-0.2, -0.15) is 0 Å². The number of hydrogen-bond acceptors (Lipinski definition) is 2. The Bertz CT molecular complexity index is 705. The summed E-state index contributed by atoms with van der Waals surface area (Å²) in [6, 6.07) is 10.7. The first-order chi connectivity index (χ1) is 11.2. The predicted molar refractivity (Wildman–Crippen MR) is 92.0 cm³/mol. The molecule has 5 nitrogen and oxygen atoms in total. The molecule has 3 rings (SSSR count). The minimum Gasteiger partial charge on any atom is -0.372 e. The molecule has 0 saturated heterocycles. The molecule has 0 spiro atoms. The van der Waals surface area contributed by atoms with Crippen LogP contribution >= 0.6 is 0 Å². The highest BCUT2D eigenvalue weighted by molar-refractivity contribution is 5.79. The molecule has 1 N–H and O–H groups in total. The number of guanidine groups is 1. The Hall–Kier alpha value is -2.27. The lowest BCUT2D eigenvalue weighted by Crippen LogP contribution is -2.38. The Labute approximate surface area is 137 Å². The second-order valence-corrected chi connectivity index (χ2v) is 5.96. The molecule has 0 unspecified atom stereocenters. The fraction of sp³-hybridized carbons (Fsp3) is 0.389. The quantitative estimate of drug-likeness (QED) is 0.695. The lowest BCUT2D eigenvalue weighted by molar-refractivity contribution is 0.134. The zero-order chi connectivity index (χ0) is 16.2. The summed E-state index contributed by atoms with van der Waals surface area (Å²) in [6.45, 7) is 3.05. The molecule has 1 aromatic carbocycles. The van der Waals surface area contributed by atoms with E-state index in [4.69, 9.17) is 4.74 Å². The first-order valence-electron chi connectivity index (χ1n) is 7.88. The van der Waals surface area contributed by atoms with E-state index in [0.717, 1.165) is 32.3 Å². The molecule has 1 aromatic heterocycles. The van der Waals surface area contributed by atoms with Gasteiger partial charge in [0.05, 0.1) is 19.8 Å². The van der Waals surface area contributed by atoms with E-state index in [2.05, 4.69) is 70.4 Å². The molecular weight excluding hydrogens is 288 g/mol. The van der Waals surface area contributed by atoms with Crippen LogP contribution in [0.5, 0.6) is 0 Å². The van der Waals surface area contributed by atoms with Crippen LogP contribution < -0.4 is 5.32 Å². The van der Waals surface area contributed by atoms with Gasteiger partial charge in [-0.25, -0.2) is 0 Å². The van der Waals surface area contributed by atoms with Gasteiger partial charge < -0.3 is 19.5 Å². The van der Waals surface area contributed by atoms with E-state index in [9.17, 15) is 0 Å². The average molecular weight is 312 g/mol. The van der Waals surface area contributed by atoms with Crippen LogP contribution in [0.15, 0.2) is 41.5 Å². The second-order valence-electron chi connectivity index (χ2n) is 5.96. The number of nitrogens with one attached hydrogen (secondary N) is 1. The molecular formula is C18H24N4O. The lowest BCUT2D eigenvalue weighted by atomic mass is 10.1. The van der Waals surface area contributed by atoms with Crippen LogP contribution in [0.4, 0.5) is 0 Å². The molecule has 1 aliphatic heterocycles. The molecule has 5 heteroatoms. The Morgan fingerprint density at radius 1 is 1.30 bits per heavy atom. The predicted octanol–water partition coefficient (Wildman–Crippen LogP) is 2.26. The van der Waals surface area contributed by atoms with Gasteiger partial charge in [0.25, 0.3) is 0 Å². The monoisotopic (exact) mass is 312 g/mol. The number of nitrogens with zero attached hydrogens (tertiary/aromatic N) is 3. The van der Waals surface area contributed by atoms with E-state index < -0.39 is 0 Å². The van der Waals surface area contributed by atoms with Gasteiger partial charge in [-0.05, 0) is 28.8 Å². The molecule has 0 bridgehead atoms. The smallest absolute Gasteiger partial charge is 0.194 e. The van der Waals surface area contributed by atoms with Crippen molar-refractivity contribution in [1.82, 2.24) is 14.8 Å². The van der Waals surface area contributed by atoms with E-state index in [1.165, 1.54) is 22.4 Å². The fourth-order valence-electron chi connectivity index (χ4n) is 2.88. The molecule has 1 aliphatic rings. The zero-order valence-electron chi connectivity index (χ0n) is 14.0. The number of aromatic nitrogens is 1. The van der Waals surface area contributed by atoms with Crippen LogP contribution in [0.3, 0.4) is 0 Å². The third-order valence-electron chi connectivity index (χ3n) is 4.26. The van der Waals surface area contributed by atoms with Crippen LogP contribution in [0.25, 0.3) is 0 Å². The largest absolute Gasteiger partial charge is 0.372 e. The third kappa shape index (κ3) is 3.56. The third-order valence-corrected chi connectivity index (χ3v) is 4.26. The molecule has 0 aliphatic carbocycles. The summed E-state index contributed by atoms with van der Waals surface area (Å²) in [6.07, 6.45) is 2.06. The Morgan fingerprint density at radius 2 is 2.13 bits per heavy atom. The molecule has 0 saturated carbocycles. The first kappa shape index (κ1) is 15.6. The number of benzene rings is 1. The number of rotatable bonds is 4. The van der Waals surface area contributed by atoms with Crippen LogP contribution in [-0.4, -0.2) is 29.5 Å². The molecule has 0 fully saturated rings. The summed E-state index contributed by atoms with van der Waals surface area (Å²) in [5, 5.41) is 3.43. The van der Waals surface area contributed by atoms with Gasteiger partial charge in [-0.3, -0.25) is 4.99 Å². The summed E-state index contributed by atoms with van der Waals surface area (Å²) in [7, 11) is 5.94. The van der Waals surface area contributed by atoms with Crippen LogP contribution in [0, 0.1) is 0 Å². The van der Waals surface area contributed by atoms with Crippen molar-refractivity contribution in [2.24, 2.45) is 12.0 Å². The van der Waals surface area contributed by atoms with Crippen molar-refractivity contribution in [1.29, 1.82) is 0 Å². The van der Waals surface area contributed by atoms with Gasteiger partial charge in [0, 0.05) is 39.6 Å². The standard InChI is InChI=1S/C18H24N4O/c1-19-18(22(3)11-17-5-4-8-21(17)2)20-10-14-6-7-15-12-23-13-16(15)9-14/h4-9H,10-13H2,1-3H3,(H,19,20). The lowest BCUT2D eigenvalue weighted by Gasteiger charge is -2.22. The topological polar surface area (TPSA) is 41.8 Å². The van der Waals surface area contributed by atoms with Crippen molar-refractivity contribution in [3.8, 4) is 0 Å². The minimum absolute atomic E-state index is 0.727. The Balaban J connectivity index is 1.60. The summed E-state index contributed by atoms with van der Waals surface area (Å²) >= 11 is 0. The Morgan fingerprint density at radius 3 is 2.87 bits per heavy atom. The molecule has 23 heavy (non-hydrogen) atoms. The van der Waals surface area contributed by atoms with Crippen LogP contribution in [0.2, 0.25) is 0 Å². The van der Waals surface area contributed by atoms with Crippen molar-refractivity contribution in [2.45, 2.75) is 26.3 Å². The maximum atomic E-state index is 5.47. The SMILES string of the molecule is CN=C(NCc1ccc2c(c1)COC2)N(C)Cc1cccn1C. The highest BCUT2D eigenvalue weighted by atomic mass is 16.5. The molecule has 2 aromatic rings.